The zero-order chi connectivity index (χ0) is 20.2. The number of hydrogen-bond acceptors (Lipinski definition) is 7. The van der Waals surface area contributed by atoms with E-state index in [2.05, 4.69) is 9.88 Å². The number of ketones is 1. The topological polar surface area (TPSA) is 109 Å². The lowest BCUT2D eigenvalue weighted by Crippen LogP contribution is -2.49. The number of H-pyrrole nitrogens is 1. The quantitative estimate of drug-likeness (QED) is 0.633. The molecule has 0 unspecified atom stereocenters. The number of nitrogens with one attached hydrogen (secondary N) is 1. The van der Waals surface area contributed by atoms with Gasteiger partial charge >= 0.3 is 11.8 Å². The van der Waals surface area contributed by atoms with E-state index < -0.39 is 5.76 Å². The van der Waals surface area contributed by atoms with Crippen LogP contribution in [0, 0.1) is 0 Å². The van der Waals surface area contributed by atoms with Crippen LogP contribution in [0.15, 0.2) is 50.2 Å². The van der Waals surface area contributed by atoms with Crippen molar-refractivity contribution < 1.29 is 23.2 Å². The van der Waals surface area contributed by atoms with E-state index in [1.165, 1.54) is 6.26 Å². The van der Waals surface area contributed by atoms with Crippen LogP contribution in [-0.2, 0) is 11.3 Å². The van der Waals surface area contributed by atoms with Gasteiger partial charge in [0.15, 0.2) is 18.0 Å². The minimum atomic E-state index is -0.537. The molecule has 1 fully saturated rings. The van der Waals surface area contributed by atoms with Gasteiger partial charge in [-0.15, -0.1) is 0 Å². The Morgan fingerprint density at radius 2 is 1.97 bits per heavy atom. The van der Waals surface area contributed by atoms with Crippen LogP contribution in [-0.4, -0.2) is 59.4 Å². The molecular weight excluding hydrogens is 378 g/mol. The highest BCUT2D eigenvalue weighted by Crippen LogP contribution is 2.15. The number of carbonyl (C=O) groups is 2. The minimum Gasteiger partial charge on any atom is -0.466 e. The first-order valence-corrected chi connectivity index (χ1v) is 9.41. The number of aromatic amines is 1. The summed E-state index contributed by atoms with van der Waals surface area (Å²) in [7, 11) is 0. The molecule has 1 saturated heterocycles. The van der Waals surface area contributed by atoms with E-state index in [0.717, 1.165) is 0 Å². The number of carbonyl (C=O) groups excluding carboxylic acids is 2. The summed E-state index contributed by atoms with van der Waals surface area (Å²) in [6, 6.07) is 8.44. The largest absolute Gasteiger partial charge is 0.466 e. The molecule has 0 atom stereocenters. The number of hydrogen-bond donors (Lipinski definition) is 1. The molecule has 9 nitrogen and oxygen atoms in total. The molecule has 9 heteroatoms. The fourth-order valence-corrected chi connectivity index (χ4v) is 3.30. The first-order valence-electron chi connectivity index (χ1n) is 9.41. The van der Waals surface area contributed by atoms with Gasteiger partial charge in [-0.2, -0.15) is 0 Å². The fourth-order valence-electron chi connectivity index (χ4n) is 3.30. The third kappa shape index (κ3) is 4.57. The summed E-state index contributed by atoms with van der Waals surface area (Å²) in [5.74, 6) is 0.0498. The molecule has 1 aliphatic rings. The van der Waals surface area contributed by atoms with E-state index in [-0.39, 0.29) is 18.5 Å². The van der Waals surface area contributed by atoms with Crippen molar-refractivity contribution in [3.8, 4) is 0 Å². The molecule has 1 N–H and O–H groups in total. The molecule has 152 valence electrons. The fraction of sp³-hybridized carbons (Fsp3) is 0.350. The second-order valence-corrected chi connectivity index (χ2v) is 6.86. The lowest BCUT2D eigenvalue weighted by molar-refractivity contribution is 0.0658. The molecule has 0 saturated carbocycles. The van der Waals surface area contributed by atoms with Crippen molar-refractivity contribution in [3.63, 3.8) is 0 Å². The molecule has 0 bridgehead atoms. The van der Waals surface area contributed by atoms with E-state index in [0.29, 0.717) is 61.6 Å². The Hall–Kier alpha value is -3.33. The van der Waals surface area contributed by atoms with Crippen LogP contribution in [0.5, 0.6) is 0 Å². The molecule has 1 aromatic carbocycles. The molecular formula is C20H21N3O6. The Morgan fingerprint density at radius 1 is 1.14 bits per heavy atom. The summed E-state index contributed by atoms with van der Waals surface area (Å²) in [5.41, 5.74) is 1.46. The van der Waals surface area contributed by atoms with Gasteiger partial charge in [0.1, 0.15) is 5.76 Å². The zero-order valence-corrected chi connectivity index (χ0v) is 15.8. The number of fused-ring (bicyclic) bond motifs is 1. The number of benzene rings is 1. The van der Waals surface area contributed by atoms with Crippen molar-refractivity contribution in [1.82, 2.24) is 14.8 Å². The first-order chi connectivity index (χ1) is 14.1. The van der Waals surface area contributed by atoms with E-state index in [1.54, 1.807) is 35.2 Å². The number of Topliss-reactive ketones (excluding diaryl/α,β-unsaturated/α-hetero) is 1. The Labute approximate surface area is 165 Å². The molecule has 0 radical (unpaired) electrons. The summed E-state index contributed by atoms with van der Waals surface area (Å²) in [6.45, 7) is 3.16. The molecule has 2 aromatic heterocycles. The average Bonchev–Trinajstić information content (AvgIpc) is 3.38. The third-order valence-electron chi connectivity index (χ3n) is 4.95. The van der Waals surface area contributed by atoms with Crippen molar-refractivity contribution in [2.45, 2.75) is 13.0 Å². The van der Waals surface area contributed by atoms with Gasteiger partial charge < -0.3 is 18.5 Å². The molecule has 1 amide bonds. The first kappa shape index (κ1) is 19.0. The van der Waals surface area contributed by atoms with Gasteiger partial charge in [0.25, 0.3) is 0 Å². The maximum absolute atomic E-state index is 12.5. The number of aromatic nitrogens is 1. The Morgan fingerprint density at radius 3 is 2.72 bits per heavy atom. The van der Waals surface area contributed by atoms with Gasteiger partial charge in [-0.05, 0) is 30.3 Å². The highest BCUT2D eigenvalue weighted by molar-refractivity contribution is 5.98. The molecule has 0 spiro atoms. The van der Waals surface area contributed by atoms with Crippen LogP contribution in [0.2, 0.25) is 0 Å². The zero-order valence-electron chi connectivity index (χ0n) is 15.8. The number of ether oxygens (including phenoxy) is 1. The molecule has 29 heavy (non-hydrogen) atoms. The highest BCUT2D eigenvalue weighted by Gasteiger charge is 2.23. The number of furan rings is 1. The van der Waals surface area contributed by atoms with Crippen LogP contribution < -0.4 is 5.76 Å². The molecule has 0 aliphatic carbocycles. The van der Waals surface area contributed by atoms with Crippen LogP contribution in [0.3, 0.4) is 0 Å². The maximum Gasteiger partial charge on any atom is 0.417 e. The number of piperazine rings is 1. The number of oxazole rings is 1. The van der Waals surface area contributed by atoms with Gasteiger partial charge in [0.2, 0.25) is 0 Å². The highest BCUT2D eigenvalue weighted by atomic mass is 16.6. The van der Waals surface area contributed by atoms with Gasteiger partial charge in [0, 0.05) is 44.7 Å². The van der Waals surface area contributed by atoms with Crippen LogP contribution in [0.1, 0.15) is 22.5 Å². The van der Waals surface area contributed by atoms with E-state index in [9.17, 15) is 14.4 Å². The van der Waals surface area contributed by atoms with Crippen LogP contribution in [0.4, 0.5) is 4.79 Å². The monoisotopic (exact) mass is 399 g/mol. The predicted molar refractivity (Wildman–Crippen MR) is 103 cm³/mol. The molecule has 4 rings (SSSR count). The maximum atomic E-state index is 12.5. The summed E-state index contributed by atoms with van der Waals surface area (Å²) in [4.78, 5) is 42.1. The number of nitrogens with zero attached hydrogens (tertiary/aromatic N) is 2. The second kappa shape index (κ2) is 8.36. The van der Waals surface area contributed by atoms with Crippen LogP contribution in [0.25, 0.3) is 11.1 Å². The van der Waals surface area contributed by atoms with Crippen molar-refractivity contribution >= 4 is 23.0 Å². The van der Waals surface area contributed by atoms with Crippen molar-refractivity contribution in [2.75, 3.05) is 32.7 Å². The predicted octanol–water partition coefficient (Wildman–Crippen LogP) is 2.24. The van der Waals surface area contributed by atoms with E-state index in [4.69, 9.17) is 13.6 Å². The smallest absolute Gasteiger partial charge is 0.417 e. The summed E-state index contributed by atoms with van der Waals surface area (Å²) in [5, 5.41) is 0. The molecule has 3 aromatic rings. The third-order valence-corrected chi connectivity index (χ3v) is 4.95. The van der Waals surface area contributed by atoms with E-state index >= 15 is 0 Å². The minimum absolute atomic E-state index is 0.0176. The summed E-state index contributed by atoms with van der Waals surface area (Å²) < 4.78 is 15.4. The molecule has 1 aliphatic heterocycles. The SMILES string of the molecule is O=C(CCN1CCN(C(=O)OCc2ccco2)CC1)c1ccc2[nH]c(=O)oc2c1. The van der Waals surface area contributed by atoms with Crippen molar-refractivity contribution in [2.24, 2.45) is 0 Å². The molecule has 3 heterocycles. The summed E-state index contributed by atoms with van der Waals surface area (Å²) >= 11 is 0. The average molecular weight is 399 g/mol. The Balaban J connectivity index is 1.22. The van der Waals surface area contributed by atoms with Gasteiger partial charge in [-0.1, -0.05) is 0 Å². The Kier molecular flexibility index (Phi) is 5.48. The van der Waals surface area contributed by atoms with Gasteiger partial charge in [0.05, 0.1) is 11.8 Å². The van der Waals surface area contributed by atoms with Gasteiger partial charge in [-0.25, -0.2) is 9.59 Å². The van der Waals surface area contributed by atoms with Crippen molar-refractivity contribution in [1.29, 1.82) is 0 Å². The van der Waals surface area contributed by atoms with Gasteiger partial charge in [-0.3, -0.25) is 14.7 Å². The Bertz CT molecular complexity index is 1040. The number of rotatable bonds is 6. The lowest BCUT2D eigenvalue weighted by Gasteiger charge is -2.33. The number of amides is 1. The van der Waals surface area contributed by atoms with Crippen molar-refractivity contribution in [3.05, 3.63) is 58.5 Å². The summed E-state index contributed by atoms with van der Waals surface area (Å²) in [6.07, 6.45) is 1.52. The second-order valence-electron chi connectivity index (χ2n) is 6.86. The normalized spacial score (nSPS) is 15.0. The lowest BCUT2D eigenvalue weighted by atomic mass is 10.1. The standard InChI is InChI=1S/C20H21N3O6/c24-17(14-3-4-16-18(12-14)29-19(25)21-16)5-6-22-7-9-23(10-8-22)20(26)28-13-15-2-1-11-27-15/h1-4,11-12H,5-10,13H2,(H,21,25). The van der Waals surface area contributed by atoms with E-state index in [1.807, 2.05) is 0 Å². The van der Waals surface area contributed by atoms with Crippen LogP contribution >= 0.6 is 0 Å².